The third-order valence-corrected chi connectivity index (χ3v) is 5.67. The monoisotopic (exact) mass is 345 g/mol. The topological polar surface area (TPSA) is 63.4 Å². The summed E-state index contributed by atoms with van der Waals surface area (Å²) < 4.78 is 1.75. The van der Waals surface area contributed by atoms with Crippen LogP contribution in [-0.4, -0.2) is 49.0 Å². The molecule has 0 N–H and O–H groups in total. The van der Waals surface area contributed by atoms with Crippen LogP contribution in [0.25, 0.3) is 16.3 Å². The van der Waals surface area contributed by atoms with E-state index in [1.807, 2.05) is 41.5 Å². The van der Waals surface area contributed by atoms with Crippen molar-refractivity contribution in [2.75, 3.05) is 13.1 Å². The van der Waals surface area contributed by atoms with Gasteiger partial charge in [0.15, 0.2) is 11.5 Å². The SMILES string of the molecule is CC(Sc1ccc2nnc(-c3cccs3)n2n1)C(=O)N1CCC1. The van der Waals surface area contributed by atoms with Crippen molar-refractivity contribution in [1.29, 1.82) is 0 Å². The Balaban J connectivity index is 1.60. The van der Waals surface area contributed by atoms with Gasteiger partial charge < -0.3 is 4.90 Å². The van der Waals surface area contributed by atoms with E-state index in [4.69, 9.17) is 0 Å². The van der Waals surface area contributed by atoms with E-state index in [-0.39, 0.29) is 11.2 Å². The maximum atomic E-state index is 12.2. The van der Waals surface area contributed by atoms with Crippen LogP contribution in [0, 0.1) is 0 Å². The molecular formula is C15H15N5OS2. The summed E-state index contributed by atoms with van der Waals surface area (Å²) in [4.78, 5) is 15.2. The number of amides is 1. The first-order chi connectivity index (χ1) is 11.2. The Morgan fingerprint density at radius 2 is 2.17 bits per heavy atom. The predicted octanol–water partition coefficient (Wildman–Crippen LogP) is 2.57. The number of hydrogen-bond acceptors (Lipinski definition) is 6. The second kappa shape index (κ2) is 5.93. The first-order valence-electron chi connectivity index (χ1n) is 7.44. The largest absolute Gasteiger partial charge is 0.342 e. The summed E-state index contributed by atoms with van der Waals surface area (Å²) >= 11 is 3.08. The summed E-state index contributed by atoms with van der Waals surface area (Å²) in [6.45, 7) is 3.69. The average Bonchev–Trinajstić information content (AvgIpc) is 3.13. The number of aromatic nitrogens is 4. The van der Waals surface area contributed by atoms with Crippen molar-refractivity contribution in [2.45, 2.75) is 23.6 Å². The van der Waals surface area contributed by atoms with Gasteiger partial charge in [0.1, 0.15) is 5.03 Å². The second-order valence-corrected chi connectivity index (χ2v) is 7.69. The smallest absolute Gasteiger partial charge is 0.235 e. The van der Waals surface area contributed by atoms with Crippen LogP contribution in [0.2, 0.25) is 0 Å². The van der Waals surface area contributed by atoms with Crippen LogP contribution in [0.4, 0.5) is 0 Å². The summed E-state index contributed by atoms with van der Waals surface area (Å²) in [7, 11) is 0. The van der Waals surface area contributed by atoms with Crippen LogP contribution in [0.1, 0.15) is 13.3 Å². The minimum Gasteiger partial charge on any atom is -0.342 e. The molecule has 0 saturated carbocycles. The fourth-order valence-corrected chi connectivity index (χ4v) is 4.00. The molecule has 6 nitrogen and oxygen atoms in total. The third-order valence-electron chi connectivity index (χ3n) is 3.79. The van der Waals surface area contributed by atoms with Crippen LogP contribution in [0.3, 0.4) is 0 Å². The highest BCUT2D eigenvalue weighted by molar-refractivity contribution is 8.00. The van der Waals surface area contributed by atoms with Crippen molar-refractivity contribution in [1.82, 2.24) is 24.7 Å². The molecule has 23 heavy (non-hydrogen) atoms. The summed E-state index contributed by atoms with van der Waals surface area (Å²) in [5.74, 6) is 0.921. The van der Waals surface area contributed by atoms with Crippen LogP contribution in [0.15, 0.2) is 34.7 Å². The number of carbonyl (C=O) groups is 1. The summed E-state index contributed by atoms with van der Waals surface area (Å²) in [6, 6.07) is 7.76. The van der Waals surface area contributed by atoms with Gasteiger partial charge in [-0.05, 0) is 36.9 Å². The van der Waals surface area contributed by atoms with E-state index >= 15 is 0 Å². The Bertz CT molecular complexity index is 841. The fourth-order valence-electron chi connectivity index (χ4n) is 2.42. The fraction of sp³-hybridized carbons (Fsp3) is 0.333. The maximum Gasteiger partial charge on any atom is 0.235 e. The third kappa shape index (κ3) is 2.72. The zero-order chi connectivity index (χ0) is 15.8. The molecule has 0 aliphatic carbocycles. The van der Waals surface area contributed by atoms with Crippen molar-refractivity contribution >= 4 is 34.7 Å². The lowest BCUT2D eigenvalue weighted by molar-refractivity contribution is -0.133. The first-order valence-corrected chi connectivity index (χ1v) is 9.20. The Hall–Kier alpha value is -1.93. The number of carbonyl (C=O) groups excluding carboxylic acids is 1. The number of likely N-dealkylation sites (tertiary alicyclic amines) is 1. The molecule has 1 amide bonds. The Morgan fingerprint density at radius 3 is 2.87 bits per heavy atom. The predicted molar refractivity (Wildman–Crippen MR) is 90.6 cm³/mol. The molecule has 118 valence electrons. The highest BCUT2D eigenvalue weighted by Crippen LogP contribution is 2.27. The van der Waals surface area contributed by atoms with E-state index in [1.54, 1.807) is 15.9 Å². The number of rotatable bonds is 4. The zero-order valence-corrected chi connectivity index (χ0v) is 14.2. The van der Waals surface area contributed by atoms with Gasteiger partial charge in [0.2, 0.25) is 5.91 Å². The van der Waals surface area contributed by atoms with E-state index in [1.165, 1.54) is 11.8 Å². The van der Waals surface area contributed by atoms with E-state index in [9.17, 15) is 4.79 Å². The average molecular weight is 345 g/mol. The van der Waals surface area contributed by atoms with E-state index in [0.29, 0.717) is 5.65 Å². The van der Waals surface area contributed by atoms with Crippen molar-refractivity contribution in [3.8, 4) is 10.7 Å². The number of nitrogens with zero attached hydrogens (tertiary/aromatic N) is 5. The molecule has 1 aliphatic rings. The van der Waals surface area contributed by atoms with E-state index < -0.39 is 0 Å². The van der Waals surface area contributed by atoms with Crippen LogP contribution >= 0.6 is 23.1 Å². The van der Waals surface area contributed by atoms with Crippen molar-refractivity contribution in [2.24, 2.45) is 0 Å². The molecule has 0 bridgehead atoms. The first kappa shape index (κ1) is 14.6. The van der Waals surface area contributed by atoms with E-state index in [0.717, 1.165) is 35.2 Å². The number of hydrogen-bond donors (Lipinski definition) is 0. The maximum absolute atomic E-state index is 12.2. The van der Waals surface area contributed by atoms with Gasteiger partial charge >= 0.3 is 0 Å². The Labute approximate surface area is 141 Å². The number of thiophene rings is 1. The summed E-state index contributed by atoms with van der Waals surface area (Å²) in [6.07, 6.45) is 1.11. The van der Waals surface area contributed by atoms with Gasteiger partial charge in [-0.2, -0.15) is 9.61 Å². The Kier molecular flexibility index (Phi) is 3.78. The molecule has 8 heteroatoms. The summed E-state index contributed by atoms with van der Waals surface area (Å²) in [5.41, 5.74) is 0.708. The normalized spacial score (nSPS) is 15.6. The van der Waals surface area contributed by atoms with Crippen molar-refractivity contribution in [3.63, 3.8) is 0 Å². The van der Waals surface area contributed by atoms with Gasteiger partial charge in [0.25, 0.3) is 0 Å². The van der Waals surface area contributed by atoms with Gasteiger partial charge in [-0.1, -0.05) is 17.8 Å². The standard InChI is InChI=1S/C15H15N5OS2/c1-10(15(21)19-7-3-8-19)23-13-6-5-12-16-17-14(20(12)18-13)11-4-2-9-22-11/h2,4-6,9-10H,3,7-8H2,1H3. The summed E-state index contributed by atoms with van der Waals surface area (Å²) in [5, 5.41) is 15.6. The van der Waals surface area contributed by atoms with Crippen LogP contribution in [-0.2, 0) is 4.79 Å². The van der Waals surface area contributed by atoms with Gasteiger partial charge in [0.05, 0.1) is 10.1 Å². The molecule has 0 radical (unpaired) electrons. The number of fused-ring (bicyclic) bond motifs is 1. The lowest BCUT2D eigenvalue weighted by atomic mass is 10.2. The molecular weight excluding hydrogens is 330 g/mol. The zero-order valence-electron chi connectivity index (χ0n) is 12.5. The molecule has 3 aromatic rings. The number of thioether (sulfide) groups is 1. The quantitative estimate of drug-likeness (QED) is 0.680. The molecule has 4 heterocycles. The minimum absolute atomic E-state index is 0.137. The molecule has 1 fully saturated rings. The van der Waals surface area contributed by atoms with Crippen molar-refractivity contribution < 1.29 is 4.79 Å². The molecule has 1 atom stereocenters. The molecule has 0 spiro atoms. The van der Waals surface area contributed by atoms with Gasteiger partial charge in [-0.3, -0.25) is 4.79 Å². The van der Waals surface area contributed by atoms with Gasteiger partial charge in [-0.25, -0.2) is 0 Å². The highest BCUT2D eigenvalue weighted by atomic mass is 32.2. The molecule has 3 aromatic heterocycles. The van der Waals surface area contributed by atoms with Crippen LogP contribution in [0.5, 0.6) is 0 Å². The van der Waals surface area contributed by atoms with Crippen LogP contribution < -0.4 is 0 Å². The molecule has 1 saturated heterocycles. The van der Waals surface area contributed by atoms with Crippen molar-refractivity contribution in [3.05, 3.63) is 29.6 Å². The minimum atomic E-state index is -0.137. The lowest BCUT2D eigenvalue weighted by Gasteiger charge is -2.32. The highest BCUT2D eigenvalue weighted by Gasteiger charge is 2.26. The lowest BCUT2D eigenvalue weighted by Crippen LogP contribution is -2.45. The van der Waals surface area contributed by atoms with Gasteiger partial charge in [-0.15, -0.1) is 21.5 Å². The van der Waals surface area contributed by atoms with Gasteiger partial charge in [0, 0.05) is 13.1 Å². The second-order valence-electron chi connectivity index (χ2n) is 5.38. The Morgan fingerprint density at radius 1 is 1.30 bits per heavy atom. The molecule has 0 aromatic carbocycles. The molecule has 1 unspecified atom stereocenters. The molecule has 4 rings (SSSR count). The molecule has 1 aliphatic heterocycles. The van der Waals surface area contributed by atoms with E-state index in [2.05, 4.69) is 15.3 Å².